The van der Waals surface area contributed by atoms with Gasteiger partial charge in [-0.3, -0.25) is 4.79 Å². The summed E-state index contributed by atoms with van der Waals surface area (Å²) in [5, 5.41) is 7.19. The molecule has 5 nitrogen and oxygen atoms in total. The molecule has 22 heavy (non-hydrogen) atoms. The predicted octanol–water partition coefficient (Wildman–Crippen LogP) is 2.98. The number of nitrogens with zero attached hydrogens (tertiary/aromatic N) is 2. The van der Waals surface area contributed by atoms with Crippen LogP contribution in [0.1, 0.15) is 5.56 Å². The lowest BCUT2D eigenvalue weighted by molar-refractivity contribution is -0.117. The van der Waals surface area contributed by atoms with Crippen LogP contribution in [0.15, 0.2) is 53.5 Å². The molecule has 0 aliphatic heterocycles. The van der Waals surface area contributed by atoms with Crippen LogP contribution in [0.3, 0.4) is 0 Å². The molecule has 0 saturated carbocycles. The molecule has 6 heteroatoms. The zero-order chi connectivity index (χ0) is 15.4. The maximum Gasteiger partial charge on any atom is 0.227 e. The van der Waals surface area contributed by atoms with Gasteiger partial charge in [-0.05, 0) is 40.1 Å². The summed E-state index contributed by atoms with van der Waals surface area (Å²) in [5.41, 5.74) is 8.97. The molecule has 3 rings (SSSR count). The van der Waals surface area contributed by atoms with Gasteiger partial charge in [0, 0.05) is 23.6 Å². The quantitative estimate of drug-likeness (QED) is 0.759. The number of benzene rings is 1. The highest BCUT2D eigenvalue weighted by Crippen LogP contribution is 2.21. The Labute approximate surface area is 131 Å². The monoisotopic (exact) mass is 310 g/mol. The molecule has 3 N–H and O–H groups in total. The van der Waals surface area contributed by atoms with E-state index < -0.39 is 0 Å². The third-order valence-corrected chi connectivity index (χ3v) is 3.75. The van der Waals surface area contributed by atoms with E-state index >= 15 is 0 Å². The lowest BCUT2D eigenvalue weighted by Crippen LogP contribution is -2.13. The minimum absolute atomic E-state index is 0.216. The van der Waals surface area contributed by atoms with Crippen molar-refractivity contribution in [1.82, 2.24) is 9.97 Å². The second-order valence-electron chi connectivity index (χ2n) is 4.78. The number of hydrogen-bond acceptors (Lipinski definition) is 5. The van der Waals surface area contributed by atoms with Crippen molar-refractivity contribution in [1.29, 1.82) is 0 Å². The highest BCUT2D eigenvalue weighted by atomic mass is 32.1. The molecule has 0 aliphatic carbocycles. The van der Waals surface area contributed by atoms with Crippen molar-refractivity contribution in [2.45, 2.75) is 6.42 Å². The summed E-state index contributed by atoms with van der Waals surface area (Å²) in [6.45, 7) is 0. The molecule has 1 aromatic carbocycles. The zero-order valence-electron chi connectivity index (χ0n) is 11.7. The number of nitrogens with one attached hydrogen (secondary N) is 1. The van der Waals surface area contributed by atoms with E-state index in [1.165, 1.54) is 0 Å². The number of carbonyl (C=O) groups is 1. The predicted molar refractivity (Wildman–Crippen MR) is 88.0 cm³/mol. The minimum atomic E-state index is -0.353. The van der Waals surface area contributed by atoms with Crippen molar-refractivity contribution in [3.63, 3.8) is 0 Å². The van der Waals surface area contributed by atoms with E-state index in [2.05, 4.69) is 20.7 Å². The lowest BCUT2D eigenvalue weighted by atomic mass is 10.1. The van der Waals surface area contributed by atoms with Gasteiger partial charge < -0.3 is 11.1 Å². The van der Waals surface area contributed by atoms with Crippen LogP contribution in [0, 0.1) is 0 Å². The molecule has 0 atom stereocenters. The topological polar surface area (TPSA) is 80.9 Å². The smallest absolute Gasteiger partial charge is 0.227 e. The summed E-state index contributed by atoms with van der Waals surface area (Å²) in [5.74, 6) is 0.156. The molecule has 0 radical (unpaired) electrons. The molecule has 2 aromatic heterocycles. The molecule has 3 aromatic rings. The van der Waals surface area contributed by atoms with E-state index in [4.69, 9.17) is 5.73 Å². The number of hydrogen-bond donors (Lipinski definition) is 2. The molecular weight excluding hydrogens is 296 g/mol. The van der Waals surface area contributed by atoms with Crippen molar-refractivity contribution in [2.24, 2.45) is 5.73 Å². The largest absolute Gasteiger partial charge is 0.369 e. The van der Waals surface area contributed by atoms with Gasteiger partial charge in [0.15, 0.2) is 0 Å². The zero-order valence-corrected chi connectivity index (χ0v) is 12.5. The van der Waals surface area contributed by atoms with Crippen LogP contribution in [0.2, 0.25) is 0 Å². The third kappa shape index (κ3) is 3.48. The summed E-state index contributed by atoms with van der Waals surface area (Å²) >= 11 is 1.64. The van der Waals surface area contributed by atoms with Crippen LogP contribution >= 0.6 is 11.3 Å². The Morgan fingerprint density at radius 1 is 1.18 bits per heavy atom. The van der Waals surface area contributed by atoms with Gasteiger partial charge in [0.1, 0.15) is 0 Å². The number of rotatable bonds is 5. The van der Waals surface area contributed by atoms with Gasteiger partial charge in [0.25, 0.3) is 0 Å². The summed E-state index contributed by atoms with van der Waals surface area (Å²) in [6.07, 6.45) is 3.78. The molecule has 110 valence electrons. The van der Waals surface area contributed by atoms with E-state index in [1.54, 1.807) is 23.7 Å². The van der Waals surface area contributed by atoms with Crippen LogP contribution in [0.25, 0.3) is 11.1 Å². The highest BCUT2D eigenvalue weighted by Gasteiger charge is 2.03. The molecule has 0 spiro atoms. The average molecular weight is 310 g/mol. The number of carbonyl (C=O) groups excluding carboxylic acids is 1. The molecular formula is C16H14N4OS. The first-order chi connectivity index (χ1) is 10.7. The average Bonchev–Trinajstić information content (AvgIpc) is 3.02. The fourth-order valence-corrected chi connectivity index (χ4v) is 2.72. The Balaban J connectivity index is 1.74. The summed E-state index contributed by atoms with van der Waals surface area (Å²) in [4.78, 5) is 19.6. The van der Waals surface area contributed by atoms with Crippen LogP contribution in [0.5, 0.6) is 0 Å². The van der Waals surface area contributed by atoms with Gasteiger partial charge >= 0.3 is 0 Å². The number of thiophene rings is 1. The third-order valence-electron chi connectivity index (χ3n) is 3.07. The second-order valence-corrected chi connectivity index (χ2v) is 5.56. The standard InChI is InChI=1S/C16H14N4OS/c17-15(21)7-11-2-1-3-14(6-11)20-16-18-8-13(9-19-16)12-4-5-22-10-12/h1-6,8-10H,7H2,(H2,17,21)(H,18,19,20). The molecule has 2 heterocycles. The van der Waals surface area contributed by atoms with Crippen molar-refractivity contribution in [2.75, 3.05) is 5.32 Å². The summed E-state index contributed by atoms with van der Waals surface area (Å²) in [7, 11) is 0. The van der Waals surface area contributed by atoms with Crippen molar-refractivity contribution < 1.29 is 4.79 Å². The Morgan fingerprint density at radius 2 is 2.00 bits per heavy atom. The van der Waals surface area contributed by atoms with Crippen molar-refractivity contribution >= 4 is 28.9 Å². The maximum absolute atomic E-state index is 11.0. The molecule has 0 saturated heterocycles. The molecule has 0 fully saturated rings. The molecule has 1 amide bonds. The normalized spacial score (nSPS) is 10.4. The van der Waals surface area contributed by atoms with Gasteiger partial charge in [-0.25, -0.2) is 9.97 Å². The van der Waals surface area contributed by atoms with Crippen molar-refractivity contribution in [3.05, 3.63) is 59.0 Å². The number of amides is 1. The first kappa shape index (κ1) is 14.2. The van der Waals surface area contributed by atoms with Crippen LogP contribution < -0.4 is 11.1 Å². The summed E-state index contributed by atoms with van der Waals surface area (Å²) in [6, 6.07) is 9.50. The van der Waals surface area contributed by atoms with E-state index in [1.807, 2.05) is 35.7 Å². The van der Waals surface area contributed by atoms with E-state index in [0.717, 1.165) is 22.4 Å². The van der Waals surface area contributed by atoms with Gasteiger partial charge in [-0.15, -0.1) is 0 Å². The first-order valence-corrected chi connectivity index (χ1v) is 7.64. The molecule has 0 unspecified atom stereocenters. The first-order valence-electron chi connectivity index (χ1n) is 6.69. The van der Waals surface area contributed by atoms with Gasteiger partial charge in [-0.1, -0.05) is 12.1 Å². The molecule has 0 bridgehead atoms. The second kappa shape index (κ2) is 6.36. The maximum atomic E-state index is 11.0. The number of aromatic nitrogens is 2. The van der Waals surface area contributed by atoms with Crippen LogP contribution in [0.4, 0.5) is 11.6 Å². The number of anilines is 2. The SMILES string of the molecule is NC(=O)Cc1cccc(Nc2ncc(-c3ccsc3)cn2)c1. The van der Waals surface area contributed by atoms with Gasteiger partial charge in [0.2, 0.25) is 11.9 Å². The van der Waals surface area contributed by atoms with Crippen molar-refractivity contribution in [3.8, 4) is 11.1 Å². The van der Waals surface area contributed by atoms with Crippen LogP contribution in [-0.2, 0) is 11.2 Å². The number of nitrogens with two attached hydrogens (primary N) is 1. The Morgan fingerprint density at radius 3 is 2.68 bits per heavy atom. The van der Waals surface area contributed by atoms with E-state index in [-0.39, 0.29) is 12.3 Å². The van der Waals surface area contributed by atoms with Gasteiger partial charge in [-0.2, -0.15) is 11.3 Å². The fourth-order valence-electron chi connectivity index (χ4n) is 2.06. The van der Waals surface area contributed by atoms with E-state index in [9.17, 15) is 4.79 Å². The summed E-state index contributed by atoms with van der Waals surface area (Å²) < 4.78 is 0. The fraction of sp³-hybridized carbons (Fsp3) is 0.0625. The van der Waals surface area contributed by atoms with Crippen LogP contribution in [-0.4, -0.2) is 15.9 Å². The highest BCUT2D eigenvalue weighted by molar-refractivity contribution is 7.08. The number of primary amides is 1. The molecule has 0 aliphatic rings. The Hall–Kier alpha value is -2.73. The minimum Gasteiger partial charge on any atom is -0.369 e. The van der Waals surface area contributed by atoms with Gasteiger partial charge in [0.05, 0.1) is 6.42 Å². The Bertz CT molecular complexity index is 769. The lowest BCUT2D eigenvalue weighted by Gasteiger charge is -2.07. The van der Waals surface area contributed by atoms with E-state index in [0.29, 0.717) is 5.95 Å². The Kier molecular flexibility index (Phi) is 4.11.